The van der Waals surface area contributed by atoms with Gasteiger partial charge in [0.2, 0.25) is 0 Å². The molecule has 1 aliphatic rings. The predicted octanol–water partition coefficient (Wildman–Crippen LogP) is 14.3. The number of rotatable bonds is 7. The lowest BCUT2D eigenvalue weighted by molar-refractivity contribution is 0.560. The number of anilines is 3. The third-order valence-corrected chi connectivity index (χ3v) is 10.8. The average Bonchev–Trinajstić information content (AvgIpc) is 3.46. The van der Waals surface area contributed by atoms with Crippen LogP contribution in [0, 0.1) is 5.82 Å². The van der Waals surface area contributed by atoms with Crippen LogP contribution in [0.2, 0.25) is 0 Å². The van der Waals surface area contributed by atoms with Crippen LogP contribution >= 0.6 is 0 Å². The molecule has 8 aromatic rings. The van der Waals surface area contributed by atoms with Gasteiger partial charge in [0.15, 0.2) is 5.82 Å². The van der Waals surface area contributed by atoms with Crippen LogP contribution in [-0.4, -0.2) is 0 Å². The Bertz CT molecular complexity index is 2570. The highest BCUT2D eigenvalue weighted by Crippen LogP contribution is 2.54. The van der Waals surface area contributed by atoms with Gasteiger partial charge in [0, 0.05) is 22.2 Å². The lowest BCUT2D eigenvalue weighted by atomic mass is 9.82. The Labute approximate surface area is 311 Å². The Morgan fingerprint density at radius 1 is 0.377 bits per heavy atom. The molecule has 0 atom stereocenters. The SMILES string of the molecule is CC1(C)c2ccccc2-c2ccc(N(c3ccc(-c4ccccc4)cc3)c3cccc(-c4ccccc4)c3-c3ccccc3-c3ccccc3)c(F)c21. The van der Waals surface area contributed by atoms with Gasteiger partial charge in [-0.05, 0) is 79.9 Å². The molecule has 2 heteroatoms. The number of hydrogen-bond donors (Lipinski definition) is 0. The fourth-order valence-corrected chi connectivity index (χ4v) is 8.25. The van der Waals surface area contributed by atoms with E-state index in [9.17, 15) is 0 Å². The van der Waals surface area contributed by atoms with Gasteiger partial charge in [-0.3, -0.25) is 0 Å². The summed E-state index contributed by atoms with van der Waals surface area (Å²) in [6.07, 6.45) is 0. The Morgan fingerprint density at radius 2 is 0.887 bits per heavy atom. The fourth-order valence-electron chi connectivity index (χ4n) is 8.25. The lowest BCUT2D eigenvalue weighted by Gasteiger charge is -2.32. The lowest BCUT2D eigenvalue weighted by Crippen LogP contribution is -2.20. The van der Waals surface area contributed by atoms with Gasteiger partial charge in [0.1, 0.15) is 0 Å². The smallest absolute Gasteiger partial charge is 0.151 e. The first-order valence-electron chi connectivity index (χ1n) is 18.2. The van der Waals surface area contributed by atoms with Crippen LogP contribution in [-0.2, 0) is 5.41 Å². The number of benzene rings is 8. The molecule has 0 bridgehead atoms. The topological polar surface area (TPSA) is 3.24 Å². The van der Waals surface area contributed by atoms with E-state index in [4.69, 9.17) is 0 Å². The molecule has 0 heterocycles. The van der Waals surface area contributed by atoms with Crippen molar-refractivity contribution in [3.05, 3.63) is 211 Å². The second-order valence-corrected chi connectivity index (χ2v) is 14.2. The molecule has 0 radical (unpaired) electrons. The third kappa shape index (κ3) is 5.55. The second kappa shape index (κ2) is 13.2. The second-order valence-electron chi connectivity index (χ2n) is 14.2. The normalized spacial score (nSPS) is 12.6. The number of nitrogens with zero attached hydrogens (tertiary/aromatic N) is 1. The zero-order chi connectivity index (χ0) is 35.9. The molecule has 0 fully saturated rings. The average molecular weight is 684 g/mol. The number of hydrogen-bond acceptors (Lipinski definition) is 1. The van der Waals surface area contributed by atoms with Crippen molar-refractivity contribution in [3.8, 4) is 55.6 Å². The van der Waals surface area contributed by atoms with Gasteiger partial charge in [-0.15, -0.1) is 0 Å². The van der Waals surface area contributed by atoms with Crippen molar-refractivity contribution < 1.29 is 4.39 Å². The largest absolute Gasteiger partial charge is 0.307 e. The van der Waals surface area contributed by atoms with Crippen LogP contribution < -0.4 is 4.90 Å². The number of halogens is 1. The molecule has 0 saturated carbocycles. The quantitative estimate of drug-likeness (QED) is 0.162. The minimum absolute atomic E-state index is 0.205. The van der Waals surface area contributed by atoms with Crippen LogP contribution in [0.3, 0.4) is 0 Å². The molecule has 0 spiro atoms. The number of fused-ring (bicyclic) bond motifs is 3. The van der Waals surface area contributed by atoms with Crippen LogP contribution in [0.4, 0.5) is 21.5 Å². The molecule has 9 rings (SSSR count). The standard InChI is InChI=1S/C51H38FN/c1-51(2)45-27-15-14-24-42(45)44-33-34-47(50(52)49(44)51)53(39-31-29-36(30-32-39)35-17-6-3-7-18-35)46-28-16-26-41(38-21-10-5-11-22-38)48(46)43-25-13-12-23-40(43)37-19-8-4-9-20-37/h3-34H,1-2H3. The summed E-state index contributed by atoms with van der Waals surface area (Å²) in [4.78, 5) is 2.13. The summed E-state index contributed by atoms with van der Waals surface area (Å²) in [6, 6.07) is 67.4. The molecule has 53 heavy (non-hydrogen) atoms. The van der Waals surface area contributed by atoms with E-state index in [1.807, 2.05) is 30.3 Å². The molecule has 254 valence electrons. The maximum Gasteiger partial charge on any atom is 0.151 e. The maximum absolute atomic E-state index is 17.9. The van der Waals surface area contributed by atoms with E-state index in [0.29, 0.717) is 5.69 Å². The minimum Gasteiger partial charge on any atom is -0.307 e. The van der Waals surface area contributed by atoms with E-state index in [1.54, 1.807) is 0 Å². The molecular formula is C51H38FN. The van der Waals surface area contributed by atoms with Crippen LogP contribution in [0.1, 0.15) is 25.0 Å². The molecule has 0 unspecified atom stereocenters. The Hall–Kier alpha value is -6.51. The Kier molecular flexibility index (Phi) is 8.09. The van der Waals surface area contributed by atoms with Gasteiger partial charge in [-0.2, -0.15) is 0 Å². The van der Waals surface area contributed by atoms with E-state index >= 15 is 4.39 Å². The van der Waals surface area contributed by atoms with Crippen molar-refractivity contribution in [1.29, 1.82) is 0 Å². The Morgan fingerprint density at radius 3 is 1.55 bits per heavy atom. The summed E-state index contributed by atoms with van der Waals surface area (Å²) >= 11 is 0. The summed E-state index contributed by atoms with van der Waals surface area (Å²) in [5.41, 5.74) is 14.5. The van der Waals surface area contributed by atoms with Gasteiger partial charge in [0.25, 0.3) is 0 Å². The van der Waals surface area contributed by atoms with Crippen molar-refractivity contribution in [1.82, 2.24) is 0 Å². The van der Waals surface area contributed by atoms with E-state index in [2.05, 4.69) is 183 Å². The van der Waals surface area contributed by atoms with E-state index in [0.717, 1.165) is 78.1 Å². The summed E-state index contributed by atoms with van der Waals surface area (Å²) in [5, 5.41) is 0. The summed E-state index contributed by atoms with van der Waals surface area (Å²) in [6.45, 7) is 4.28. The molecule has 0 amide bonds. The van der Waals surface area contributed by atoms with Gasteiger partial charge >= 0.3 is 0 Å². The van der Waals surface area contributed by atoms with E-state index in [1.165, 1.54) is 0 Å². The molecule has 0 aromatic heterocycles. The van der Waals surface area contributed by atoms with Gasteiger partial charge in [0.05, 0.1) is 11.4 Å². The molecule has 0 aliphatic heterocycles. The first-order valence-corrected chi connectivity index (χ1v) is 18.2. The van der Waals surface area contributed by atoms with Crippen LogP contribution in [0.5, 0.6) is 0 Å². The third-order valence-electron chi connectivity index (χ3n) is 10.8. The highest BCUT2D eigenvalue weighted by Gasteiger charge is 2.39. The molecule has 0 saturated heterocycles. The molecule has 1 nitrogen and oxygen atoms in total. The maximum atomic E-state index is 17.9. The first-order chi connectivity index (χ1) is 26.0. The molecule has 1 aliphatic carbocycles. The molecular weight excluding hydrogens is 646 g/mol. The van der Waals surface area contributed by atoms with Crippen molar-refractivity contribution in [2.75, 3.05) is 4.90 Å². The predicted molar refractivity (Wildman–Crippen MR) is 220 cm³/mol. The molecule has 0 N–H and O–H groups in total. The Balaban J connectivity index is 1.34. The zero-order valence-electron chi connectivity index (χ0n) is 29.8. The highest BCUT2D eigenvalue weighted by molar-refractivity contribution is 6.01. The first kappa shape index (κ1) is 32.4. The summed E-state index contributed by atoms with van der Waals surface area (Å²) < 4.78 is 17.9. The van der Waals surface area contributed by atoms with Crippen molar-refractivity contribution >= 4 is 17.1 Å². The van der Waals surface area contributed by atoms with Crippen molar-refractivity contribution in [2.24, 2.45) is 0 Å². The summed E-state index contributed by atoms with van der Waals surface area (Å²) in [5.74, 6) is -0.205. The fraction of sp³-hybridized carbons (Fsp3) is 0.0588. The summed E-state index contributed by atoms with van der Waals surface area (Å²) in [7, 11) is 0. The highest BCUT2D eigenvalue weighted by atomic mass is 19.1. The van der Waals surface area contributed by atoms with Crippen LogP contribution in [0.25, 0.3) is 55.6 Å². The van der Waals surface area contributed by atoms with Crippen molar-refractivity contribution in [3.63, 3.8) is 0 Å². The zero-order valence-corrected chi connectivity index (χ0v) is 29.8. The van der Waals surface area contributed by atoms with Gasteiger partial charge in [-0.25, -0.2) is 4.39 Å². The van der Waals surface area contributed by atoms with E-state index in [-0.39, 0.29) is 5.82 Å². The van der Waals surface area contributed by atoms with E-state index < -0.39 is 5.41 Å². The van der Waals surface area contributed by atoms with Gasteiger partial charge in [-0.1, -0.05) is 184 Å². The van der Waals surface area contributed by atoms with Crippen molar-refractivity contribution in [2.45, 2.75) is 19.3 Å². The molecule has 8 aromatic carbocycles. The van der Waals surface area contributed by atoms with Crippen LogP contribution in [0.15, 0.2) is 194 Å². The van der Waals surface area contributed by atoms with Gasteiger partial charge < -0.3 is 4.90 Å². The minimum atomic E-state index is -0.510. The monoisotopic (exact) mass is 683 g/mol.